The second-order valence-corrected chi connectivity index (χ2v) is 4.94. The number of rotatable bonds is 6. The highest BCUT2D eigenvalue weighted by Gasteiger charge is 2.09. The van der Waals surface area contributed by atoms with Gasteiger partial charge in [0.25, 0.3) is 0 Å². The maximum Gasteiger partial charge on any atom is 0.227 e. The highest BCUT2D eigenvalue weighted by molar-refractivity contribution is 5.82. The molecule has 0 aliphatic rings. The molecule has 2 aromatic carbocycles. The summed E-state index contributed by atoms with van der Waals surface area (Å²) in [6.07, 6.45) is 1.47. The first-order valence-corrected chi connectivity index (χ1v) is 7.28. The smallest absolute Gasteiger partial charge is 0.227 e. The van der Waals surface area contributed by atoms with E-state index in [9.17, 15) is 5.21 Å². The van der Waals surface area contributed by atoms with Gasteiger partial charge in [-0.25, -0.2) is 0 Å². The van der Waals surface area contributed by atoms with Crippen LogP contribution in [0.5, 0.6) is 17.2 Å². The molecule has 0 fully saturated rings. The Morgan fingerprint density at radius 3 is 2.65 bits per heavy atom. The molecule has 0 N–H and O–H groups in total. The third-order valence-corrected chi connectivity index (χ3v) is 3.35. The van der Waals surface area contributed by atoms with Crippen molar-refractivity contribution in [2.45, 2.75) is 0 Å². The summed E-state index contributed by atoms with van der Waals surface area (Å²) in [6, 6.07) is 16.3. The van der Waals surface area contributed by atoms with Crippen LogP contribution in [0.2, 0.25) is 0 Å². The van der Waals surface area contributed by atoms with Crippen LogP contribution in [-0.4, -0.2) is 20.3 Å². The fourth-order valence-corrected chi connectivity index (χ4v) is 2.28. The van der Waals surface area contributed by atoms with E-state index in [0.717, 1.165) is 10.1 Å². The lowest BCUT2D eigenvalue weighted by molar-refractivity contribution is -0.577. The Kier molecular flexibility index (Phi) is 4.59. The fraction of sp³-hybridized carbons (Fsp3) is 0.167. The van der Waals surface area contributed by atoms with Crippen LogP contribution in [0.15, 0.2) is 60.8 Å². The molecule has 0 atom stereocenters. The molecule has 0 aliphatic heterocycles. The van der Waals surface area contributed by atoms with Crippen molar-refractivity contribution in [3.05, 3.63) is 66.0 Å². The van der Waals surface area contributed by atoms with E-state index >= 15 is 0 Å². The summed E-state index contributed by atoms with van der Waals surface area (Å²) in [5.74, 6) is 1.98. The summed E-state index contributed by atoms with van der Waals surface area (Å²) in [4.78, 5) is 0. The summed E-state index contributed by atoms with van der Waals surface area (Å²) in [5.41, 5.74) is 0.567. The number of aromatic nitrogens is 1. The Morgan fingerprint density at radius 2 is 1.78 bits per heavy atom. The van der Waals surface area contributed by atoms with Gasteiger partial charge in [-0.2, -0.15) is 4.73 Å². The zero-order chi connectivity index (χ0) is 16.1. The van der Waals surface area contributed by atoms with E-state index in [2.05, 4.69) is 0 Å². The molecule has 1 aromatic heterocycles. The fourth-order valence-electron chi connectivity index (χ4n) is 2.28. The lowest BCUT2D eigenvalue weighted by Crippen LogP contribution is -2.25. The molecule has 5 heteroatoms. The molecule has 23 heavy (non-hydrogen) atoms. The van der Waals surface area contributed by atoms with E-state index in [1.165, 1.54) is 6.20 Å². The van der Waals surface area contributed by atoms with Crippen molar-refractivity contribution >= 4 is 10.9 Å². The molecule has 0 unspecified atom stereocenters. The molecule has 0 saturated heterocycles. The molecule has 1 heterocycles. The number of ether oxygens (including phenoxy) is 3. The largest absolute Gasteiger partial charge is 0.618 e. The van der Waals surface area contributed by atoms with E-state index in [4.69, 9.17) is 14.2 Å². The predicted octanol–water partition coefficient (Wildman–Crippen LogP) is 3.29. The molecule has 0 bridgehead atoms. The van der Waals surface area contributed by atoms with Gasteiger partial charge in [-0.1, -0.05) is 12.1 Å². The van der Waals surface area contributed by atoms with Gasteiger partial charge in [-0.15, -0.1) is 0 Å². The number of fused-ring (bicyclic) bond motifs is 1. The van der Waals surface area contributed by atoms with Gasteiger partial charge in [-0.3, -0.25) is 0 Å². The van der Waals surface area contributed by atoms with Crippen molar-refractivity contribution in [3.63, 3.8) is 0 Å². The molecule has 5 nitrogen and oxygen atoms in total. The predicted molar refractivity (Wildman–Crippen MR) is 86.8 cm³/mol. The van der Waals surface area contributed by atoms with E-state index in [1.807, 2.05) is 36.4 Å². The number of pyridine rings is 1. The molecule has 0 amide bonds. The van der Waals surface area contributed by atoms with Crippen LogP contribution in [0.1, 0.15) is 0 Å². The maximum atomic E-state index is 11.8. The normalized spacial score (nSPS) is 10.7. The van der Waals surface area contributed by atoms with Gasteiger partial charge in [0.2, 0.25) is 5.52 Å². The van der Waals surface area contributed by atoms with Crippen LogP contribution in [0.3, 0.4) is 0 Å². The zero-order valence-electron chi connectivity index (χ0n) is 12.8. The van der Waals surface area contributed by atoms with Crippen LogP contribution in [0.25, 0.3) is 10.9 Å². The molecule has 0 radical (unpaired) electrons. The van der Waals surface area contributed by atoms with E-state index in [0.29, 0.717) is 36.0 Å². The molecular weight excluding hydrogens is 294 g/mol. The molecular formula is C18H17NO4. The van der Waals surface area contributed by atoms with E-state index in [-0.39, 0.29) is 0 Å². The van der Waals surface area contributed by atoms with Gasteiger partial charge < -0.3 is 19.4 Å². The zero-order valence-corrected chi connectivity index (χ0v) is 12.8. The molecule has 0 spiro atoms. The average Bonchev–Trinajstić information content (AvgIpc) is 2.57. The number of benzene rings is 2. The summed E-state index contributed by atoms with van der Waals surface area (Å²) >= 11 is 0. The van der Waals surface area contributed by atoms with Crippen molar-refractivity contribution in [1.29, 1.82) is 0 Å². The minimum absolute atomic E-state index is 0.477. The number of hydrogen-bond acceptors (Lipinski definition) is 4. The molecule has 0 aliphatic carbocycles. The Bertz CT molecular complexity index is 804. The third kappa shape index (κ3) is 3.52. The van der Waals surface area contributed by atoms with Crippen molar-refractivity contribution in [2.75, 3.05) is 20.3 Å². The molecule has 0 saturated carbocycles. The Balaban J connectivity index is 1.85. The first kappa shape index (κ1) is 15.1. The van der Waals surface area contributed by atoms with Crippen LogP contribution < -0.4 is 14.2 Å². The van der Waals surface area contributed by atoms with Gasteiger partial charge in [0.05, 0.1) is 12.0 Å². The van der Waals surface area contributed by atoms with Crippen molar-refractivity contribution in [3.8, 4) is 17.2 Å². The van der Waals surface area contributed by atoms with Crippen LogP contribution in [0, 0.1) is 5.21 Å². The quantitative estimate of drug-likeness (QED) is 0.398. The molecule has 118 valence electrons. The number of nitrogens with zero attached hydrogens (tertiary/aromatic N) is 1. The van der Waals surface area contributed by atoms with Gasteiger partial charge in [-0.05, 0) is 24.3 Å². The minimum atomic E-state index is 0.477. The van der Waals surface area contributed by atoms with E-state index in [1.54, 1.807) is 25.3 Å². The Hall–Kier alpha value is -2.79. The minimum Gasteiger partial charge on any atom is -0.618 e. The van der Waals surface area contributed by atoms with Crippen molar-refractivity contribution in [1.82, 2.24) is 0 Å². The topological polar surface area (TPSA) is 54.6 Å². The highest BCUT2D eigenvalue weighted by atomic mass is 16.5. The highest BCUT2D eigenvalue weighted by Crippen LogP contribution is 2.30. The van der Waals surface area contributed by atoms with Gasteiger partial charge in [0, 0.05) is 25.3 Å². The lowest BCUT2D eigenvalue weighted by atomic mass is 10.2. The second-order valence-electron chi connectivity index (χ2n) is 4.94. The van der Waals surface area contributed by atoms with Gasteiger partial charge in [0.15, 0.2) is 6.20 Å². The standard InChI is InChI=1S/C18H17NO4/c1-21-11-12-22-14-5-2-6-15(13-14)23-18-9-3-8-17-16(18)7-4-10-19(17)20/h2-10,13H,11-12H2,1H3. The first-order chi connectivity index (χ1) is 11.3. The van der Waals surface area contributed by atoms with Crippen molar-refractivity contribution in [2.24, 2.45) is 0 Å². The van der Waals surface area contributed by atoms with Crippen LogP contribution in [0.4, 0.5) is 0 Å². The van der Waals surface area contributed by atoms with E-state index < -0.39 is 0 Å². The molecule has 3 aromatic rings. The first-order valence-electron chi connectivity index (χ1n) is 7.28. The van der Waals surface area contributed by atoms with Gasteiger partial charge >= 0.3 is 0 Å². The monoisotopic (exact) mass is 311 g/mol. The SMILES string of the molecule is COCCOc1cccc(Oc2cccc3c2ccc[n+]3[O-])c1. The number of hydrogen-bond donors (Lipinski definition) is 0. The lowest BCUT2D eigenvalue weighted by Gasteiger charge is -2.10. The Labute approximate surface area is 134 Å². The summed E-state index contributed by atoms with van der Waals surface area (Å²) in [5, 5.41) is 12.6. The summed E-state index contributed by atoms with van der Waals surface area (Å²) < 4.78 is 17.3. The third-order valence-electron chi connectivity index (χ3n) is 3.35. The van der Waals surface area contributed by atoms with Crippen LogP contribution >= 0.6 is 0 Å². The van der Waals surface area contributed by atoms with Crippen LogP contribution in [-0.2, 0) is 4.74 Å². The van der Waals surface area contributed by atoms with Crippen molar-refractivity contribution < 1.29 is 18.9 Å². The maximum absolute atomic E-state index is 11.8. The molecule has 3 rings (SSSR count). The Morgan fingerprint density at radius 1 is 0.957 bits per heavy atom. The van der Waals surface area contributed by atoms with Gasteiger partial charge in [0.1, 0.15) is 23.9 Å². The number of methoxy groups -OCH3 is 1. The second kappa shape index (κ2) is 6.98. The summed E-state index contributed by atoms with van der Waals surface area (Å²) in [7, 11) is 1.63. The summed E-state index contributed by atoms with van der Waals surface area (Å²) in [6.45, 7) is 1.00. The average molecular weight is 311 g/mol.